The Morgan fingerprint density at radius 3 is 2.91 bits per heavy atom. The van der Waals surface area contributed by atoms with Crippen LogP contribution >= 0.6 is 23.4 Å². The topological polar surface area (TPSA) is 59.8 Å². The van der Waals surface area contributed by atoms with Gasteiger partial charge in [-0.15, -0.1) is 16.8 Å². The molecule has 0 radical (unpaired) electrons. The lowest BCUT2D eigenvalue weighted by molar-refractivity contribution is -0.115. The van der Waals surface area contributed by atoms with E-state index in [0.717, 1.165) is 17.1 Å². The smallest absolute Gasteiger partial charge is 0.237 e. The van der Waals surface area contributed by atoms with E-state index in [0.29, 0.717) is 16.7 Å². The first kappa shape index (κ1) is 17.6. The molecule has 122 valence electrons. The van der Waals surface area contributed by atoms with Crippen LogP contribution in [0.1, 0.15) is 18.3 Å². The predicted molar refractivity (Wildman–Crippen MR) is 95.1 cm³/mol. The number of hydrogen-bond acceptors (Lipinski definition) is 4. The maximum absolute atomic E-state index is 12.4. The number of carbonyl (C=O) groups is 1. The van der Waals surface area contributed by atoms with Gasteiger partial charge in [-0.2, -0.15) is 0 Å². The van der Waals surface area contributed by atoms with Crippen LogP contribution in [0.3, 0.4) is 0 Å². The number of benzene rings is 1. The summed E-state index contributed by atoms with van der Waals surface area (Å²) in [4.78, 5) is 12.4. The number of rotatable bonds is 6. The molecule has 1 heterocycles. The number of thioether (sulfide) groups is 1. The molecule has 0 unspecified atom stereocenters. The van der Waals surface area contributed by atoms with Gasteiger partial charge in [0.25, 0.3) is 0 Å². The number of aromatic nitrogens is 3. The fourth-order valence-corrected chi connectivity index (χ4v) is 3.06. The molecule has 1 amide bonds. The molecule has 1 aromatic carbocycles. The molecular formula is C16H19ClN4OS. The molecule has 0 saturated carbocycles. The van der Waals surface area contributed by atoms with Crippen LogP contribution in [0.2, 0.25) is 5.02 Å². The van der Waals surface area contributed by atoms with Crippen molar-refractivity contribution in [2.75, 3.05) is 5.32 Å². The van der Waals surface area contributed by atoms with Gasteiger partial charge in [0, 0.05) is 17.3 Å². The van der Waals surface area contributed by atoms with E-state index in [1.807, 2.05) is 37.5 Å². The van der Waals surface area contributed by atoms with Crippen molar-refractivity contribution in [1.82, 2.24) is 14.8 Å². The Kier molecular flexibility index (Phi) is 5.85. The Labute approximate surface area is 145 Å². The molecule has 0 aliphatic carbocycles. The third-order valence-corrected chi connectivity index (χ3v) is 4.88. The Bertz CT molecular complexity index is 729. The van der Waals surface area contributed by atoms with Crippen LogP contribution in [0.25, 0.3) is 0 Å². The normalized spacial score (nSPS) is 12.0. The summed E-state index contributed by atoms with van der Waals surface area (Å²) in [6.45, 7) is 9.93. The number of aryl methyl sites for hydroxylation is 1. The van der Waals surface area contributed by atoms with Crippen LogP contribution in [0.5, 0.6) is 0 Å². The first-order chi connectivity index (χ1) is 10.9. The van der Waals surface area contributed by atoms with E-state index in [4.69, 9.17) is 11.6 Å². The monoisotopic (exact) mass is 350 g/mol. The molecule has 0 aliphatic rings. The zero-order chi connectivity index (χ0) is 17.0. The fourth-order valence-electron chi connectivity index (χ4n) is 1.98. The van der Waals surface area contributed by atoms with Gasteiger partial charge in [-0.1, -0.05) is 35.5 Å². The second kappa shape index (κ2) is 7.66. The van der Waals surface area contributed by atoms with Gasteiger partial charge in [0.15, 0.2) is 5.16 Å². The largest absolute Gasteiger partial charge is 0.325 e. The number of halogens is 1. The summed E-state index contributed by atoms with van der Waals surface area (Å²) in [7, 11) is 0. The van der Waals surface area contributed by atoms with Crippen molar-refractivity contribution in [3.05, 3.63) is 47.3 Å². The molecule has 5 nitrogen and oxygen atoms in total. The highest BCUT2D eigenvalue weighted by molar-refractivity contribution is 8.00. The molecule has 0 aliphatic heterocycles. The summed E-state index contributed by atoms with van der Waals surface area (Å²) in [6, 6.07) is 5.44. The third-order valence-electron chi connectivity index (χ3n) is 3.39. The third kappa shape index (κ3) is 4.14. The summed E-state index contributed by atoms with van der Waals surface area (Å²) in [5.41, 5.74) is 1.57. The Morgan fingerprint density at radius 2 is 2.22 bits per heavy atom. The molecular weight excluding hydrogens is 332 g/mol. The highest BCUT2D eigenvalue weighted by atomic mass is 35.5. The van der Waals surface area contributed by atoms with Gasteiger partial charge < -0.3 is 9.88 Å². The molecule has 0 saturated heterocycles. The summed E-state index contributed by atoms with van der Waals surface area (Å²) in [6.07, 6.45) is 1.78. The van der Waals surface area contributed by atoms with Crippen LogP contribution in [0, 0.1) is 13.8 Å². The van der Waals surface area contributed by atoms with Crippen LogP contribution in [0.15, 0.2) is 36.0 Å². The van der Waals surface area contributed by atoms with Crippen LogP contribution in [-0.2, 0) is 11.3 Å². The predicted octanol–water partition coefficient (Wildman–Crippen LogP) is 3.85. The van der Waals surface area contributed by atoms with E-state index in [2.05, 4.69) is 22.1 Å². The van der Waals surface area contributed by atoms with Crippen molar-refractivity contribution >= 4 is 35.0 Å². The van der Waals surface area contributed by atoms with Gasteiger partial charge in [-0.3, -0.25) is 4.79 Å². The zero-order valence-electron chi connectivity index (χ0n) is 13.3. The van der Waals surface area contributed by atoms with Crippen LogP contribution in [0.4, 0.5) is 5.69 Å². The van der Waals surface area contributed by atoms with Crippen LogP contribution in [-0.4, -0.2) is 25.9 Å². The van der Waals surface area contributed by atoms with Crippen LogP contribution < -0.4 is 5.32 Å². The van der Waals surface area contributed by atoms with Gasteiger partial charge in [0.2, 0.25) is 5.91 Å². The molecule has 0 bridgehead atoms. The number of amides is 1. The molecule has 0 fully saturated rings. The highest BCUT2D eigenvalue weighted by Gasteiger charge is 2.19. The molecule has 1 aromatic heterocycles. The summed E-state index contributed by atoms with van der Waals surface area (Å²) >= 11 is 7.44. The summed E-state index contributed by atoms with van der Waals surface area (Å²) in [5.74, 6) is 0.692. The lowest BCUT2D eigenvalue weighted by atomic mass is 10.2. The number of nitrogens with one attached hydrogen (secondary N) is 1. The van der Waals surface area contributed by atoms with Crippen molar-refractivity contribution < 1.29 is 4.79 Å². The Morgan fingerprint density at radius 1 is 1.48 bits per heavy atom. The average Bonchev–Trinajstić information content (AvgIpc) is 2.85. The van der Waals surface area contributed by atoms with E-state index >= 15 is 0 Å². The van der Waals surface area contributed by atoms with Gasteiger partial charge in [0.05, 0.1) is 5.25 Å². The molecule has 2 aromatic rings. The van der Waals surface area contributed by atoms with Crippen molar-refractivity contribution in [2.45, 2.75) is 37.7 Å². The number of nitrogens with zero attached hydrogens (tertiary/aromatic N) is 3. The number of anilines is 1. The number of carbonyl (C=O) groups excluding carboxylic acids is 1. The standard InChI is InChI=1S/C16H19ClN4OS/c1-5-9-21-12(4)19-20-16(21)23-11(3)15(22)18-14-8-6-7-13(17)10(14)2/h5-8,11H,1,9H2,2-4H3,(H,18,22)/t11-/m1/s1. The lowest BCUT2D eigenvalue weighted by Crippen LogP contribution is -2.23. The molecule has 23 heavy (non-hydrogen) atoms. The van der Waals surface area contributed by atoms with Crippen molar-refractivity contribution in [3.63, 3.8) is 0 Å². The minimum absolute atomic E-state index is 0.105. The maximum Gasteiger partial charge on any atom is 0.237 e. The van der Waals surface area contributed by atoms with E-state index in [9.17, 15) is 4.79 Å². The van der Waals surface area contributed by atoms with E-state index in [1.165, 1.54) is 11.8 Å². The van der Waals surface area contributed by atoms with Gasteiger partial charge in [-0.25, -0.2) is 0 Å². The highest BCUT2D eigenvalue weighted by Crippen LogP contribution is 2.26. The number of allylic oxidation sites excluding steroid dienone is 1. The quantitative estimate of drug-likeness (QED) is 0.635. The van der Waals surface area contributed by atoms with Gasteiger partial charge >= 0.3 is 0 Å². The van der Waals surface area contributed by atoms with Crippen molar-refractivity contribution in [2.24, 2.45) is 0 Å². The molecule has 2 rings (SSSR count). The van der Waals surface area contributed by atoms with E-state index in [-0.39, 0.29) is 11.2 Å². The minimum Gasteiger partial charge on any atom is -0.325 e. The van der Waals surface area contributed by atoms with E-state index < -0.39 is 0 Å². The SMILES string of the molecule is C=CCn1c(C)nnc1S[C@H](C)C(=O)Nc1cccc(Cl)c1C. The number of hydrogen-bond donors (Lipinski definition) is 1. The van der Waals surface area contributed by atoms with Gasteiger partial charge in [-0.05, 0) is 38.5 Å². The molecule has 1 atom stereocenters. The maximum atomic E-state index is 12.4. The zero-order valence-corrected chi connectivity index (χ0v) is 14.9. The molecule has 1 N–H and O–H groups in total. The van der Waals surface area contributed by atoms with Crippen molar-refractivity contribution in [1.29, 1.82) is 0 Å². The van der Waals surface area contributed by atoms with E-state index in [1.54, 1.807) is 12.1 Å². The molecule has 0 spiro atoms. The lowest BCUT2D eigenvalue weighted by Gasteiger charge is -2.14. The second-order valence-corrected chi connectivity index (χ2v) is 6.81. The Hall–Kier alpha value is -1.79. The summed E-state index contributed by atoms with van der Waals surface area (Å²) < 4.78 is 1.92. The molecule has 7 heteroatoms. The summed E-state index contributed by atoms with van der Waals surface area (Å²) in [5, 5.41) is 12.1. The Balaban J connectivity index is 2.08. The average molecular weight is 351 g/mol. The van der Waals surface area contributed by atoms with Gasteiger partial charge in [0.1, 0.15) is 5.82 Å². The minimum atomic E-state index is -0.319. The fraction of sp³-hybridized carbons (Fsp3) is 0.312. The first-order valence-corrected chi connectivity index (χ1v) is 8.43. The first-order valence-electron chi connectivity index (χ1n) is 7.17. The second-order valence-electron chi connectivity index (χ2n) is 5.09. The van der Waals surface area contributed by atoms with Crippen molar-refractivity contribution in [3.8, 4) is 0 Å².